The zero-order valence-corrected chi connectivity index (χ0v) is 16.1. The van der Waals surface area contributed by atoms with Crippen LogP contribution in [0.25, 0.3) is 15.5 Å². The van der Waals surface area contributed by atoms with Crippen LogP contribution in [0, 0.1) is 19.3 Å². The molecule has 4 rings (SSSR count). The van der Waals surface area contributed by atoms with Crippen molar-refractivity contribution in [2.75, 3.05) is 6.61 Å². The monoisotopic (exact) mass is 400 g/mol. The molecule has 1 aromatic carbocycles. The summed E-state index contributed by atoms with van der Waals surface area (Å²) in [5.41, 5.74) is 0.993. The number of benzene rings is 1. The predicted molar refractivity (Wildman–Crippen MR) is 103 cm³/mol. The van der Waals surface area contributed by atoms with Crippen LogP contribution < -0.4 is 4.74 Å². The molecule has 0 saturated carbocycles. The highest BCUT2D eigenvalue weighted by Crippen LogP contribution is 2.29. The quantitative estimate of drug-likeness (QED) is 0.363. The summed E-state index contributed by atoms with van der Waals surface area (Å²) in [7, 11) is 0. The Bertz CT molecular complexity index is 1080. The van der Waals surface area contributed by atoms with E-state index in [-0.39, 0.29) is 6.61 Å². The second kappa shape index (κ2) is 7.41. The molecule has 3 aromatic heterocycles. The molecule has 26 heavy (non-hydrogen) atoms. The maximum Gasteiger partial charge on any atom is 0.235 e. The van der Waals surface area contributed by atoms with Gasteiger partial charge in [0, 0.05) is 5.56 Å². The number of aryl methyl sites for hydroxylation is 1. The van der Waals surface area contributed by atoms with Gasteiger partial charge < -0.3 is 4.74 Å². The van der Waals surface area contributed by atoms with E-state index in [1.807, 2.05) is 31.2 Å². The Kier molecular flexibility index (Phi) is 4.83. The molecule has 0 fully saturated rings. The van der Waals surface area contributed by atoms with Crippen molar-refractivity contribution in [3.8, 4) is 28.7 Å². The lowest BCUT2D eigenvalue weighted by molar-refractivity contribution is 0.370. The van der Waals surface area contributed by atoms with Gasteiger partial charge >= 0.3 is 0 Å². The third kappa shape index (κ3) is 3.55. The van der Waals surface area contributed by atoms with Gasteiger partial charge in [-0.1, -0.05) is 40.4 Å². The highest BCUT2D eigenvalue weighted by Gasteiger charge is 2.14. The first kappa shape index (κ1) is 17.0. The van der Waals surface area contributed by atoms with Gasteiger partial charge in [-0.05, 0) is 31.2 Å². The summed E-state index contributed by atoms with van der Waals surface area (Å²) in [4.78, 5) is 0.761. The maximum atomic E-state index is 5.39. The molecule has 4 aromatic rings. The van der Waals surface area contributed by atoms with E-state index in [2.05, 4.69) is 31.4 Å². The van der Waals surface area contributed by atoms with Gasteiger partial charge in [-0.15, -0.1) is 26.8 Å². The molecule has 0 radical (unpaired) electrons. The minimum Gasteiger partial charge on any atom is -0.481 e. The lowest BCUT2D eigenvalue weighted by Gasteiger charge is -2.02. The second-order valence-corrected chi connectivity index (χ2v) is 8.47. The number of fused-ring (bicyclic) bond motifs is 1. The van der Waals surface area contributed by atoms with Gasteiger partial charge in [0.2, 0.25) is 4.96 Å². The van der Waals surface area contributed by atoms with Crippen molar-refractivity contribution in [1.29, 1.82) is 0 Å². The lowest BCUT2D eigenvalue weighted by Crippen LogP contribution is -1.94. The fourth-order valence-corrected chi connectivity index (χ4v) is 4.73. The standard InChI is InChI=1S/C16H12N6OS3/c1-3-8-23-12-6-4-11(5-7-12)14-21-22-13(18-19-15(22)26-14)9-24-16-20-17-10(2)25-16/h1,4-7H,8-9H2,2H3. The number of nitrogens with zero attached hydrogens (tertiary/aromatic N) is 6. The van der Waals surface area contributed by atoms with Crippen molar-refractivity contribution in [2.24, 2.45) is 0 Å². The second-order valence-electron chi connectivity index (χ2n) is 5.11. The van der Waals surface area contributed by atoms with Gasteiger partial charge in [0.15, 0.2) is 10.2 Å². The zero-order chi connectivity index (χ0) is 17.9. The first-order valence-corrected chi connectivity index (χ1v) is 10.2. The van der Waals surface area contributed by atoms with E-state index < -0.39 is 0 Å². The van der Waals surface area contributed by atoms with E-state index in [4.69, 9.17) is 11.2 Å². The molecule has 130 valence electrons. The minimum atomic E-state index is 0.255. The largest absolute Gasteiger partial charge is 0.481 e. The van der Waals surface area contributed by atoms with Crippen molar-refractivity contribution in [1.82, 2.24) is 30.0 Å². The van der Waals surface area contributed by atoms with Crippen LogP contribution in [0.15, 0.2) is 28.6 Å². The third-order valence-electron chi connectivity index (χ3n) is 3.31. The Labute approximate surface area is 161 Å². The predicted octanol–water partition coefficient (Wildman–Crippen LogP) is 3.32. The number of terminal acetylenes is 1. The SMILES string of the molecule is C#CCOc1ccc(-c2nn3c(CSc4nnc(C)s4)nnc3s2)cc1. The van der Waals surface area contributed by atoms with E-state index in [0.29, 0.717) is 5.75 Å². The Hall–Kier alpha value is -2.48. The summed E-state index contributed by atoms with van der Waals surface area (Å²) >= 11 is 4.64. The van der Waals surface area contributed by atoms with E-state index in [9.17, 15) is 0 Å². The summed E-state index contributed by atoms with van der Waals surface area (Å²) in [6.07, 6.45) is 5.20. The highest BCUT2D eigenvalue weighted by molar-refractivity contribution is 8.00. The van der Waals surface area contributed by atoms with Crippen molar-refractivity contribution in [3.63, 3.8) is 0 Å². The van der Waals surface area contributed by atoms with Crippen molar-refractivity contribution in [3.05, 3.63) is 35.1 Å². The van der Waals surface area contributed by atoms with Crippen LogP contribution in [0.2, 0.25) is 0 Å². The zero-order valence-electron chi connectivity index (χ0n) is 13.6. The fourth-order valence-electron chi connectivity index (χ4n) is 2.15. The smallest absolute Gasteiger partial charge is 0.235 e. The summed E-state index contributed by atoms with van der Waals surface area (Å²) < 4.78 is 8.09. The van der Waals surface area contributed by atoms with Crippen LogP contribution in [-0.2, 0) is 5.75 Å². The molecule has 0 unspecified atom stereocenters. The number of hydrogen-bond acceptors (Lipinski definition) is 9. The number of rotatable bonds is 6. The van der Waals surface area contributed by atoms with Crippen LogP contribution in [0.3, 0.4) is 0 Å². The number of hydrogen-bond donors (Lipinski definition) is 0. The Morgan fingerprint density at radius 1 is 1.15 bits per heavy atom. The van der Waals surface area contributed by atoms with Crippen molar-refractivity contribution in [2.45, 2.75) is 17.0 Å². The molecule has 0 atom stereocenters. The van der Waals surface area contributed by atoms with E-state index >= 15 is 0 Å². The molecule has 0 spiro atoms. The van der Waals surface area contributed by atoms with Crippen LogP contribution in [0.5, 0.6) is 5.75 Å². The average molecular weight is 401 g/mol. The maximum absolute atomic E-state index is 5.39. The Balaban J connectivity index is 1.52. The van der Waals surface area contributed by atoms with Gasteiger partial charge in [0.1, 0.15) is 22.4 Å². The summed E-state index contributed by atoms with van der Waals surface area (Å²) in [5.74, 6) is 4.61. The van der Waals surface area contributed by atoms with Crippen LogP contribution in [-0.4, -0.2) is 36.6 Å². The molecule has 0 saturated heterocycles. The molecule has 7 nitrogen and oxygen atoms in total. The fraction of sp³-hybridized carbons (Fsp3) is 0.188. The first-order chi connectivity index (χ1) is 12.7. The lowest BCUT2D eigenvalue weighted by atomic mass is 10.2. The van der Waals surface area contributed by atoms with Crippen molar-refractivity contribution >= 4 is 39.4 Å². The highest BCUT2D eigenvalue weighted by atomic mass is 32.2. The van der Waals surface area contributed by atoms with Crippen LogP contribution >= 0.6 is 34.4 Å². The molecular weight excluding hydrogens is 388 g/mol. The van der Waals surface area contributed by atoms with Gasteiger partial charge in [0.25, 0.3) is 0 Å². The third-order valence-corrected chi connectivity index (χ3v) is 6.23. The van der Waals surface area contributed by atoms with Crippen LogP contribution in [0.4, 0.5) is 0 Å². The molecule has 0 amide bonds. The topological polar surface area (TPSA) is 78.1 Å². The number of ether oxygens (including phenoxy) is 1. The number of aromatic nitrogens is 6. The molecule has 0 aliphatic heterocycles. The Morgan fingerprint density at radius 3 is 2.73 bits per heavy atom. The van der Waals surface area contributed by atoms with E-state index in [1.165, 1.54) is 11.3 Å². The number of thioether (sulfide) groups is 1. The molecule has 0 aliphatic rings. The molecule has 10 heteroatoms. The molecule has 0 N–H and O–H groups in total. The minimum absolute atomic E-state index is 0.255. The van der Waals surface area contributed by atoms with E-state index in [0.717, 1.165) is 36.5 Å². The summed E-state index contributed by atoms with van der Waals surface area (Å²) in [6.45, 7) is 2.19. The van der Waals surface area contributed by atoms with Crippen molar-refractivity contribution < 1.29 is 4.74 Å². The molecular formula is C16H12N6OS3. The molecule has 3 heterocycles. The van der Waals surface area contributed by atoms with Gasteiger partial charge in [0.05, 0.1) is 5.75 Å². The average Bonchev–Trinajstić information content (AvgIpc) is 3.35. The normalized spacial score (nSPS) is 10.9. The van der Waals surface area contributed by atoms with E-state index in [1.54, 1.807) is 27.6 Å². The van der Waals surface area contributed by atoms with Gasteiger partial charge in [-0.25, -0.2) is 0 Å². The summed E-state index contributed by atoms with van der Waals surface area (Å²) in [6, 6.07) is 7.67. The Morgan fingerprint density at radius 2 is 2.00 bits per heavy atom. The van der Waals surface area contributed by atoms with Gasteiger partial charge in [-0.2, -0.15) is 9.61 Å². The van der Waals surface area contributed by atoms with Crippen LogP contribution in [0.1, 0.15) is 10.8 Å². The first-order valence-electron chi connectivity index (χ1n) is 7.53. The summed E-state index contributed by atoms with van der Waals surface area (Å²) in [5, 5.41) is 23.0. The van der Waals surface area contributed by atoms with Gasteiger partial charge in [-0.3, -0.25) is 0 Å². The molecule has 0 bridgehead atoms. The molecule has 0 aliphatic carbocycles.